The molecule has 3 aromatic rings. The molecule has 2 N–H and O–H groups in total. The van der Waals surface area contributed by atoms with E-state index in [1.807, 2.05) is 50.2 Å². The van der Waals surface area contributed by atoms with Gasteiger partial charge in [0.2, 0.25) is 10.0 Å². The van der Waals surface area contributed by atoms with Gasteiger partial charge in [0.15, 0.2) is 5.13 Å². The zero-order chi connectivity index (χ0) is 19.4. The van der Waals surface area contributed by atoms with Gasteiger partial charge in [0.1, 0.15) is 5.75 Å². The lowest BCUT2D eigenvalue weighted by molar-refractivity contribution is 0.340. The lowest BCUT2D eigenvalue weighted by atomic mass is 10.1. The molecule has 0 radical (unpaired) electrons. The molecule has 0 fully saturated rings. The molecule has 0 amide bonds. The fourth-order valence-electron chi connectivity index (χ4n) is 2.55. The highest BCUT2D eigenvalue weighted by Crippen LogP contribution is 2.32. The standard InChI is InChI=1S/C19H21N3O3S2/c1-4-25-17-11-9-15(10-12-17)20-19-21-18(13(2)26-19)14-5-7-16(8-6-14)22-27(3,23)24/h5-12,22H,4H2,1-3H3,(H,20,21). The number of rotatable bonds is 7. The first-order valence-electron chi connectivity index (χ1n) is 8.39. The lowest BCUT2D eigenvalue weighted by Crippen LogP contribution is -2.09. The van der Waals surface area contributed by atoms with Gasteiger partial charge in [-0.15, -0.1) is 11.3 Å². The van der Waals surface area contributed by atoms with Gasteiger partial charge >= 0.3 is 0 Å². The highest BCUT2D eigenvalue weighted by atomic mass is 32.2. The van der Waals surface area contributed by atoms with E-state index in [0.29, 0.717) is 12.3 Å². The quantitative estimate of drug-likeness (QED) is 0.601. The summed E-state index contributed by atoms with van der Waals surface area (Å²) < 4.78 is 30.5. The summed E-state index contributed by atoms with van der Waals surface area (Å²) in [7, 11) is -3.28. The van der Waals surface area contributed by atoms with Crippen LogP contribution in [0.3, 0.4) is 0 Å². The average Bonchev–Trinajstić information content (AvgIpc) is 2.96. The van der Waals surface area contributed by atoms with Crippen molar-refractivity contribution >= 4 is 37.9 Å². The summed E-state index contributed by atoms with van der Waals surface area (Å²) in [5, 5.41) is 4.10. The van der Waals surface area contributed by atoms with Crippen molar-refractivity contribution < 1.29 is 13.2 Å². The van der Waals surface area contributed by atoms with E-state index in [1.165, 1.54) is 0 Å². The zero-order valence-electron chi connectivity index (χ0n) is 15.3. The number of benzene rings is 2. The molecule has 1 aromatic heterocycles. The summed E-state index contributed by atoms with van der Waals surface area (Å²) in [5.41, 5.74) is 3.27. The number of sulfonamides is 1. The monoisotopic (exact) mass is 403 g/mol. The zero-order valence-corrected chi connectivity index (χ0v) is 16.9. The van der Waals surface area contributed by atoms with E-state index in [2.05, 4.69) is 15.0 Å². The maximum atomic E-state index is 11.3. The number of ether oxygens (including phenoxy) is 1. The van der Waals surface area contributed by atoms with E-state index in [0.717, 1.165) is 39.0 Å². The van der Waals surface area contributed by atoms with E-state index in [9.17, 15) is 8.42 Å². The van der Waals surface area contributed by atoms with Crippen LogP contribution in [0.4, 0.5) is 16.5 Å². The second kappa shape index (κ2) is 7.98. The van der Waals surface area contributed by atoms with Gasteiger partial charge in [0.25, 0.3) is 0 Å². The van der Waals surface area contributed by atoms with E-state index in [-0.39, 0.29) is 0 Å². The van der Waals surface area contributed by atoms with Gasteiger partial charge in [-0.2, -0.15) is 0 Å². The molecule has 1 heterocycles. The smallest absolute Gasteiger partial charge is 0.229 e. The molecule has 0 atom stereocenters. The number of hydrogen-bond donors (Lipinski definition) is 2. The van der Waals surface area contributed by atoms with Gasteiger partial charge in [-0.1, -0.05) is 12.1 Å². The number of aromatic nitrogens is 1. The van der Waals surface area contributed by atoms with Crippen molar-refractivity contribution in [2.24, 2.45) is 0 Å². The Labute approximate surface area is 163 Å². The topological polar surface area (TPSA) is 80.3 Å². The van der Waals surface area contributed by atoms with Crippen molar-refractivity contribution in [1.82, 2.24) is 4.98 Å². The number of thiazole rings is 1. The second-order valence-electron chi connectivity index (χ2n) is 5.96. The third-order valence-electron chi connectivity index (χ3n) is 3.67. The molecule has 0 aliphatic heterocycles. The van der Waals surface area contributed by atoms with Crippen LogP contribution in [0.25, 0.3) is 11.3 Å². The van der Waals surface area contributed by atoms with Crippen molar-refractivity contribution in [3.8, 4) is 17.0 Å². The Hall–Kier alpha value is -2.58. The van der Waals surface area contributed by atoms with Crippen molar-refractivity contribution in [3.63, 3.8) is 0 Å². The Balaban J connectivity index is 1.76. The maximum Gasteiger partial charge on any atom is 0.229 e. The minimum absolute atomic E-state index is 0.530. The van der Waals surface area contributed by atoms with E-state index in [1.54, 1.807) is 23.5 Å². The van der Waals surface area contributed by atoms with Gasteiger partial charge in [-0.3, -0.25) is 4.72 Å². The van der Waals surface area contributed by atoms with Crippen LogP contribution < -0.4 is 14.8 Å². The van der Waals surface area contributed by atoms with Crippen molar-refractivity contribution in [3.05, 3.63) is 53.4 Å². The fourth-order valence-corrected chi connectivity index (χ4v) is 3.97. The van der Waals surface area contributed by atoms with E-state index >= 15 is 0 Å². The molecule has 0 aliphatic rings. The third kappa shape index (κ3) is 5.21. The van der Waals surface area contributed by atoms with Crippen LogP contribution in [0.5, 0.6) is 5.75 Å². The van der Waals surface area contributed by atoms with Crippen molar-refractivity contribution in [1.29, 1.82) is 0 Å². The molecular weight excluding hydrogens is 382 g/mol. The Bertz CT molecular complexity index is 1010. The first-order chi connectivity index (χ1) is 12.8. The van der Waals surface area contributed by atoms with Gasteiger partial charge in [0.05, 0.1) is 18.6 Å². The summed E-state index contributed by atoms with van der Waals surface area (Å²) in [6, 6.07) is 14.9. The number of hydrogen-bond acceptors (Lipinski definition) is 6. The highest BCUT2D eigenvalue weighted by molar-refractivity contribution is 7.92. The second-order valence-corrected chi connectivity index (χ2v) is 8.91. The molecule has 0 unspecified atom stereocenters. The molecule has 142 valence electrons. The number of anilines is 3. The molecule has 0 saturated carbocycles. The minimum Gasteiger partial charge on any atom is -0.494 e. The lowest BCUT2D eigenvalue weighted by Gasteiger charge is -2.06. The maximum absolute atomic E-state index is 11.3. The third-order valence-corrected chi connectivity index (χ3v) is 5.17. The molecule has 0 spiro atoms. The van der Waals surface area contributed by atoms with Crippen LogP contribution in [-0.4, -0.2) is 26.3 Å². The van der Waals surface area contributed by atoms with Crippen molar-refractivity contribution in [2.75, 3.05) is 22.9 Å². The predicted molar refractivity (Wildman–Crippen MR) is 112 cm³/mol. The first-order valence-corrected chi connectivity index (χ1v) is 11.1. The summed E-state index contributed by atoms with van der Waals surface area (Å²) in [4.78, 5) is 5.75. The van der Waals surface area contributed by atoms with Crippen LogP contribution in [0.1, 0.15) is 11.8 Å². The Kier molecular flexibility index (Phi) is 5.67. The number of nitrogens with one attached hydrogen (secondary N) is 2. The molecule has 2 aromatic carbocycles. The van der Waals surface area contributed by atoms with Crippen LogP contribution in [-0.2, 0) is 10.0 Å². The summed E-state index contributed by atoms with van der Waals surface area (Å²) >= 11 is 1.57. The highest BCUT2D eigenvalue weighted by Gasteiger charge is 2.11. The van der Waals surface area contributed by atoms with Crippen LogP contribution in [0, 0.1) is 6.92 Å². The number of nitrogens with zero attached hydrogens (tertiary/aromatic N) is 1. The summed E-state index contributed by atoms with van der Waals surface area (Å²) in [6.07, 6.45) is 1.13. The van der Waals surface area contributed by atoms with Crippen LogP contribution in [0.15, 0.2) is 48.5 Å². The van der Waals surface area contributed by atoms with Gasteiger partial charge in [-0.25, -0.2) is 13.4 Å². The Morgan fingerprint density at radius 2 is 1.67 bits per heavy atom. The Morgan fingerprint density at radius 3 is 2.26 bits per heavy atom. The normalized spacial score (nSPS) is 11.2. The summed E-state index contributed by atoms with van der Waals surface area (Å²) in [5.74, 6) is 0.835. The van der Waals surface area contributed by atoms with Gasteiger partial charge in [-0.05, 0) is 50.2 Å². The van der Waals surface area contributed by atoms with E-state index < -0.39 is 10.0 Å². The molecule has 3 rings (SSSR count). The van der Waals surface area contributed by atoms with Gasteiger partial charge < -0.3 is 10.1 Å². The van der Waals surface area contributed by atoms with Crippen molar-refractivity contribution in [2.45, 2.75) is 13.8 Å². The van der Waals surface area contributed by atoms with Crippen LogP contribution in [0.2, 0.25) is 0 Å². The average molecular weight is 404 g/mol. The minimum atomic E-state index is -3.28. The number of aryl methyl sites for hydroxylation is 1. The molecule has 27 heavy (non-hydrogen) atoms. The van der Waals surface area contributed by atoms with Crippen LogP contribution >= 0.6 is 11.3 Å². The predicted octanol–water partition coefficient (Wildman–Crippen LogP) is 4.63. The molecule has 0 aliphatic carbocycles. The first kappa shape index (κ1) is 19.2. The molecule has 0 saturated heterocycles. The molecular formula is C19H21N3O3S2. The molecule has 8 heteroatoms. The SMILES string of the molecule is CCOc1ccc(Nc2nc(-c3ccc(NS(C)(=O)=O)cc3)c(C)s2)cc1. The largest absolute Gasteiger partial charge is 0.494 e. The van der Waals surface area contributed by atoms with E-state index in [4.69, 9.17) is 4.74 Å². The van der Waals surface area contributed by atoms with Gasteiger partial charge in [0, 0.05) is 21.8 Å². The molecule has 6 nitrogen and oxygen atoms in total. The Morgan fingerprint density at radius 1 is 1.04 bits per heavy atom. The molecule has 0 bridgehead atoms. The summed E-state index contributed by atoms with van der Waals surface area (Å²) in [6.45, 7) is 4.61. The fraction of sp³-hybridized carbons (Fsp3) is 0.211.